The minimum Gasteiger partial charge on any atom is -0.491 e. The second-order valence-corrected chi connectivity index (χ2v) is 3.86. The van der Waals surface area contributed by atoms with Crippen molar-refractivity contribution >= 4 is 21.6 Å². The highest BCUT2D eigenvalue weighted by atomic mass is 79.9. The summed E-state index contributed by atoms with van der Waals surface area (Å²) in [7, 11) is 1.36. The molecule has 6 nitrogen and oxygen atoms in total. The SMILES string of the molecule is COc1ccc(OCC(O)CBr)cc1[N+](=O)[O-]. The van der Waals surface area contributed by atoms with Crippen molar-refractivity contribution in [3.8, 4) is 11.5 Å². The van der Waals surface area contributed by atoms with Gasteiger partial charge in [-0.25, -0.2) is 0 Å². The van der Waals surface area contributed by atoms with Crippen LogP contribution in [0.5, 0.6) is 11.5 Å². The molecule has 0 spiro atoms. The van der Waals surface area contributed by atoms with Crippen LogP contribution >= 0.6 is 15.9 Å². The van der Waals surface area contributed by atoms with Crippen molar-refractivity contribution in [2.45, 2.75) is 6.10 Å². The van der Waals surface area contributed by atoms with E-state index in [1.165, 1.54) is 19.2 Å². The number of hydrogen-bond donors (Lipinski definition) is 1. The first kappa shape index (κ1) is 13.7. The van der Waals surface area contributed by atoms with Crippen molar-refractivity contribution < 1.29 is 19.5 Å². The lowest BCUT2D eigenvalue weighted by atomic mass is 10.3. The van der Waals surface area contributed by atoms with Crippen LogP contribution in [-0.4, -0.2) is 35.2 Å². The minimum absolute atomic E-state index is 0.0642. The predicted octanol–water partition coefficient (Wildman–Crippen LogP) is 1.74. The summed E-state index contributed by atoms with van der Waals surface area (Å²) in [6.45, 7) is 0.0642. The molecular weight excluding hydrogens is 294 g/mol. The van der Waals surface area contributed by atoms with Gasteiger partial charge >= 0.3 is 5.69 Å². The fraction of sp³-hybridized carbons (Fsp3) is 0.400. The summed E-state index contributed by atoms with van der Waals surface area (Å²) < 4.78 is 10.1. The Bertz CT molecular complexity index is 398. The van der Waals surface area contributed by atoms with Crippen LogP contribution in [0, 0.1) is 10.1 Å². The Morgan fingerprint density at radius 1 is 1.59 bits per heavy atom. The molecule has 0 radical (unpaired) electrons. The van der Waals surface area contributed by atoms with Gasteiger partial charge in [0.2, 0.25) is 0 Å². The zero-order valence-corrected chi connectivity index (χ0v) is 10.7. The van der Waals surface area contributed by atoms with E-state index >= 15 is 0 Å². The first-order valence-electron chi connectivity index (χ1n) is 4.77. The summed E-state index contributed by atoms with van der Waals surface area (Å²) in [5, 5.41) is 20.4. The first-order chi connectivity index (χ1) is 8.08. The molecule has 94 valence electrons. The normalized spacial score (nSPS) is 11.9. The average molecular weight is 306 g/mol. The van der Waals surface area contributed by atoms with E-state index in [0.717, 1.165) is 0 Å². The zero-order valence-electron chi connectivity index (χ0n) is 9.13. The summed E-state index contributed by atoms with van der Waals surface area (Å²) in [5.74, 6) is 0.487. The van der Waals surface area contributed by atoms with Gasteiger partial charge in [-0.3, -0.25) is 10.1 Å². The van der Waals surface area contributed by atoms with Crippen molar-refractivity contribution in [2.75, 3.05) is 19.0 Å². The van der Waals surface area contributed by atoms with Crippen LogP contribution in [0.15, 0.2) is 18.2 Å². The molecule has 1 rings (SSSR count). The van der Waals surface area contributed by atoms with Crippen molar-refractivity contribution in [1.82, 2.24) is 0 Å². The van der Waals surface area contributed by atoms with E-state index in [2.05, 4.69) is 15.9 Å². The van der Waals surface area contributed by atoms with Gasteiger partial charge in [-0.05, 0) is 12.1 Å². The van der Waals surface area contributed by atoms with Gasteiger partial charge in [-0.2, -0.15) is 0 Å². The van der Waals surface area contributed by atoms with Crippen LogP contribution < -0.4 is 9.47 Å². The maximum absolute atomic E-state index is 10.7. The van der Waals surface area contributed by atoms with Gasteiger partial charge in [-0.1, -0.05) is 15.9 Å². The summed E-state index contributed by atoms with van der Waals surface area (Å²) in [6.07, 6.45) is -0.656. The lowest BCUT2D eigenvalue weighted by Gasteiger charge is -2.10. The number of halogens is 1. The number of rotatable bonds is 6. The van der Waals surface area contributed by atoms with Gasteiger partial charge in [0.1, 0.15) is 12.4 Å². The fourth-order valence-corrected chi connectivity index (χ4v) is 1.33. The Morgan fingerprint density at radius 2 is 2.29 bits per heavy atom. The van der Waals surface area contributed by atoms with Crippen molar-refractivity contribution in [1.29, 1.82) is 0 Å². The lowest BCUT2D eigenvalue weighted by Crippen LogP contribution is -2.18. The molecule has 0 aliphatic rings. The number of methoxy groups -OCH3 is 1. The molecule has 7 heteroatoms. The molecule has 0 fully saturated rings. The molecule has 0 heterocycles. The molecule has 1 atom stereocenters. The molecule has 1 unspecified atom stereocenters. The van der Waals surface area contributed by atoms with Gasteiger partial charge in [-0.15, -0.1) is 0 Å². The van der Waals surface area contributed by atoms with Gasteiger partial charge in [0.25, 0.3) is 0 Å². The summed E-state index contributed by atoms with van der Waals surface area (Å²) in [6, 6.07) is 4.26. The van der Waals surface area contributed by atoms with E-state index in [0.29, 0.717) is 11.1 Å². The number of nitro benzene ring substituents is 1. The van der Waals surface area contributed by atoms with Gasteiger partial charge < -0.3 is 14.6 Å². The Hall–Kier alpha value is -1.34. The molecule has 17 heavy (non-hydrogen) atoms. The van der Waals surface area contributed by atoms with Gasteiger partial charge in [0.15, 0.2) is 5.75 Å². The number of nitro groups is 1. The number of aliphatic hydroxyl groups is 1. The van der Waals surface area contributed by atoms with Crippen LogP contribution in [0.4, 0.5) is 5.69 Å². The number of aliphatic hydroxyl groups excluding tert-OH is 1. The van der Waals surface area contributed by atoms with Crippen LogP contribution in [0.3, 0.4) is 0 Å². The number of ether oxygens (including phenoxy) is 2. The third-order valence-electron chi connectivity index (χ3n) is 1.97. The maximum Gasteiger partial charge on any atom is 0.314 e. The monoisotopic (exact) mass is 305 g/mol. The Morgan fingerprint density at radius 3 is 2.82 bits per heavy atom. The Kier molecular flexibility index (Phi) is 5.17. The highest BCUT2D eigenvalue weighted by Crippen LogP contribution is 2.30. The average Bonchev–Trinajstić information content (AvgIpc) is 2.35. The van der Waals surface area contributed by atoms with Crippen molar-refractivity contribution in [2.24, 2.45) is 0 Å². The minimum atomic E-state index is -0.656. The number of alkyl halides is 1. The van der Waals surface area contributed by atoms with Crippen LogP contribution in [0.2, 0.25) is 0 Å². The Balaban J connectivity index is 2.81. The highest BCUT2D eigenvalue weighted by Gasteiger charge is 2.16. The predicted molar refractivity (Wildman–Crippen MR) is 64.9 cm³/mol. The number of nitrogens with zero attached hydrogens (tertiary/aromatic N) is 1. The fourth-order valence-electron chi connectivity index (χ4n) is 1.14. The van der Waals surface area contributed by atoms with E-state index in [4.69, 9.17) is 9.47 Å². The van der Waals surface area contributed by atoms with Crippen LogP contribution in [-0.2, 0) is 0 Å². The molecule has 0 aliphatic carbocycles. The largest absolute Gasteiger partial charge is 0.491 e. The molecule has 1 N–H and O–H groups in total. The zero-order chi connectivity index (χ0) is 12.8. The molecule has 0 bridgehead atoms. The van der Waals surface area contributed by atoms with E-state index in [1.54, 1.807) is 6.07 Å². The second kappa shape index (κ2) is 6.41. The summed E-state index contributed by atoms with van der Waals surface area (Å²) in [5.41, 5.74) is -0.168. The third-order valence-corrected chi connectivity index (χ3v) is 2.71. The first-order valence-corrected chi connectivity index (χ1v) is 5.90. The van der Waals surface area contributed by atoms with Crippen molar-refractivity contribution in [3.63, 3.8) is 0 Å². The molecule has 0 amide bonds. The topological polar surface area (TPSA) is 81.8 Å². The molecule has 1 aromatic carbocycles. The van der Waals surface area contributed by atoms with Gasteiger partial charge in [0.05, 0.1) is 24.2 Å². The second-order valence-electron chi connectivity index (χ2n) is 3.21. The smallest absolute Gasteiger partial charge is 0.314 e. The molecule has 0 aliphatic heterocycles. The Labute approximate surface area is 106 Å². The summed E-state index contributed by atoms with van der Waals surface area (Å²) in [4.78, 5) is 10.2. The molecule has 0 aromatic heterocycles. The third kappa shape index (κ3) is 3.86. The molecule has 0 saturated heterocycles. The number of benzene rings is 1. The maximum atomic E-state index is 10.7. The van der Waals surface area contributed by atoms with Crippen LogP contribution in [0.1, 0.15) is 0 Å². The molecule has 1 aromatic rings. The number of hydrogen-bond acceptors (Lipinski definition) is 5. The standard InChI is InChI=1S/C10H12BrNO5/c1-16-10-3-2-8(4-9(10)12(14)15)17-6-7(13)5-11/h2-4,7,13H,5-6H2,1H3. The van der Waals surface area contributed by atoms with Crippen LogP contribution in [0.25, 0.3) is 0 Å². The highest BCUT2D eigenvalue weighted by molar-refractivity contribution is 9.09. The van der Waals surface area contributed by atoms with E-state index in [1.807, 2.05) is 0 Å². The van der Waals surface area contributed by atoms with E-state index in [9.17, 15) is 15.2 Å². The summed E-state index contributed by atoms with van der Waals surface area (Å²) >= 11 is 3.09. The lowest BCUT2D eigenvalue weighted by molar-refractivity contribution is -0.385. The van der Waals surface area contributed by atoms with Crippen molar-refractivity contribution in [3.05, 3.63) is 28.3 Å². The van der Waals surface area contributed by atoms with Gasteiger partial charge in [0, 0.05) is 5.33 Å². The molecule has 0 saturated carbocycles. The van der Waals surface area contributed by atoms with E-state index < -0.39 is 11.0 Å². The van der Waals surface area contributed by atoms with E-state index in [-0.39, 0.29) is 18.0 Å². The molecular formula is C10H12BrNO5. The quantitative estimate of drug-likeness (QED) is 0.492.